The lowest BCUT2D eigenvalue weighted by molar-refractivity contribution is -0.119. The third kappa shape index (κ3) is 6.06. The second-order valence-corrected chi connectivity index (χ2v) is 7.08. The van der Waals surface area contributed by atoms with Crippen LogP contribution in [0.1, 0.15) is 37.9 Å². The summed E-state index contributed by atoms with van der Waals surface area (Å²) in [5.41, 5.74) is 2.47. The van der Waals surface area contributed by atoms with Crippen molar-refractivity contribution in [1.29, 1.82) is 0 Å². The van der Waals surface area contributed by atoms with E-state index in [-0.39, 0.29) is 11.9 Å². The lowest BCUT2D eigenvalue weighted by Gasteiger charge is -2.15. The summed E-state index contributed by atoms with van der Waals surface area (Å²) in [5, 5.41) is 3.91. The molecule has 122 valence electrons. The second-order valence-electron chi connectivity index (χ2n) is 6.09. The molecule has 2 aromatic rings. The maximum atomic E-state index is 12.1. The Morgan fingerprint density at radius 1 is 1.13 bits per heavy atom. The molecule has 0 fully saturated rings. The van der Waals surface area contributed by atoms with E-state index < -0.39 is 0 Å². The number of nitrogens with zero attached hydrogens (tertiary/aromatic N) is 1. The number of rotatable bonds is 7. The highest BCUT2D eigenvalue weighted by atomic mass is 32.2. The zero-order valence-electron chi connectivity index (χ0n) is 14.0. The predicted octanol–water partition coefficient (Wildman–Crippen LogP) is 4.25. The van der Waals surface area contributed by atoms with Gasteiger partial charge in [0.25, 0.3) is 0 Å². The number of nitrogens with one attached hydrogen (secondary N) is 1. The molecule has 4 heteroatoms. The molecule has 1 amide bonds. The van der Waals surface area contributed by atoms with E-state index in [1.807, 2.05) is 25.1 Å². The molecule has 1 aromatic carbocycles. The first-order chi connectivity index (χ1) is 11.0. The van der Waals surface area contributed by atoms with Crippen molar-refractivity contribution >= 4 is 17.7 Å². The monoisotopic (exact) mass is 328 g/mol. The quantitative estimate of drug-likeness (QED) is 0.773. The fourth-order valence-electron chi connectivity index (χ4n) is 2.35. The van der Waals surface area contributed by atoms with Crippen LogP contribution < -0.4 is 5.32 Å². The van der Waals surface area contributed by atoms with E-state index >= 15 is 0 Å². The molecule has 3 nitrogen and oxygen atoms in total. The van der Waals surface area contributed by atoms with Gasteiger partial charge in [-0.3, -0.25) is 4.79 Å². The van der Waals surface area contributed by atoms with Gasteiger partial charge in [-0.1, -0.05) is 55.9 Å². The summed E-state index contributed by atoms with van der Waals surface area (Å²) in [6.07, 6.45) is 2.82. The molecule has 1 heterocycles. The van der Waals surface area contributed by atoms with Gasteiger partial charge < -0.3 is 5.32 Å². The fraction of sp³-hybridized carbons (Fsp3) is 0.368. The van der Waals surface area contributed by atoms with Crippen molar-refractivity contribution in [3.63, 3.8) is 0 Å². The average Bonchev–Trinajstić information content (AvgIpc) is 2.54. The number of carbonyl (C=O) groups is 1. The Labute approximate surface area is 142 Å². The fourth-order valence-corrected chi connectivity index (χ4v) is 3.02. The highest BCUT2D eigenvalue weighted by Gasteiger charge is 2.10. The minimum absolute atomic E-state index is 0.0138. The average molecular weight is 328 g/mol. The van der Waals surface area contributed by atoms with Gasteiger partial charge in [0, 0.05) is 6.20 Å². The summed E-state index contributed by atoms with van der Waals surface area (Å²) in [7, 11) is 0. The molecule has 1 aromatic heterocycles. The van der Waals surface area contributed by atoms with E-state index in [4.69, 9.17) is 0 Å². The molecule has 2 rings (SSSR count). The van der Waals surface area contributed by atoms with Crippen LogP contribution >= 0.6 is 11.8 Å². The summed E-state index contributed by atoms with van der Waals surface area (Å²) >= 11 is 1.45. The first-order valence-corrected chi connectivity index (χ1v) is 8.95. The lowest BCUT2D eigenvalue weighted by Crippen LogP contribution is -2.28. The minimum Gasteiger partial charge on any atom is -0.349 e. The van der Waals surface area contributed by atoms with Crippen molar-refractivity contribution in [3.05, 3.63) is 59.8 Å². The number of benzene rings is 1. The number of carbonyl (C=O) groups excluding carboxylic acids is 1. The van der Waals surface area contributed by atoms with E-state index in [9.17, 15) is 4.79 Å². The van der Waals surface area contributed by atoms with Gasteiger partial charge in [-0.05, 0) is 42.5 Å². The Kier molecular flexibility index (Phi) is 6.66. The third-order valence-electron chi connectivity index (χ3n) is 3.49. The van der Waals surface area contributed by atoms with Crippen LogP contribution in [0.3, 0.4) is 0 Å². The predicted molar refractivity (Wildman–Crippen MR) is 96.5 cm³/mol. The summed E-state index contributed by atoms with van der Waals surface area (Å²) in [4.78, 5) is 16.3. The zero-order chi connectivity index (χ0) is 16.7. The van der Waals surface area contributed by atoms with Crippen molar-refractivity contribution in [2.24, 2.45) is 5.92 Å². The Morgan fingerprint density at radius 2 is 1.87 bits per heavy atom. The number of pyridine rings is 1. The molecule has 23 heavy (non-hydrogen) atoms. The standard InChI is InChI=1S/C19H24N2OS/c1-14(2)12-16-7-9-17(10-8-16)15(3)21-18(22)13-23-19-6-4-5-11-20-19/h4-11,14-15H,12-13H2,1-3H3,(H,21,22)/t15-/m1/s1. The number of hydrogen-bond acceptors (Lipinski definition) is 3. The highest BCUT2D eigenvalue weighted by molar-refractivity contribution is 7.99. The van der Waals surface area contributed by atoms with Crippen molar-refractivity contribution in [2.75, 3.05) is 5.75 Å². The van der Waals surface area contributed by atoms with Crippen LogP contribution in [0.25, 0.3) is 0 Å². The van der Waals surface area contributed by atoms with Crippen LogP contribution in [0.2, 0.25) is 0 Å². The van der Waals surface area contributed by atoms with Crippen molar-refractivity contribution < 1.29 is 4.79 Å². The third-order valence-corrected chi connectivity index (χ3v) is 4.43. The van der Waals surface area contributed by atoms with Crippen molar-refractivity contribution in [2.45, 2.75) is 38.3 Å². The first-order valence-electron chi connectivity index (χ1n) is 7.96. The number of amides is 1. The summed E-state index contributed by atoms with van der Waals surface area (Å²) in [6.45, 7) is 6.45. The van der Waals surface area contributed by atoms with Gasteiger partial charge >= 0.3 is 0 Å². The Balaban J connectivity index is 1.83. The Bertz CT molecular complexity index is 611. The van der Waals surface area contributed by atoms with Crippen molar-refractivity contribution in [1.82, 2.24) is 10.3 Å². The van der Waals surface area contributed by atoms with Crippen LogP contribution in [-0.2, 0) is 11.2 Å². The molecule has 0 spiro atoms. The van der Waals surface area contributed by atoms with Crippen LogP contribution in [0.4, 0.5) is 0 Å². The molecule has 0 unspecified atom stereocenters. The second kappa shape index (κ2) is 8.73. The molecular formula is C19H24N2OS. The van der Waals surface area contributed by atoms with Gasteiger partial charge in [0.1, 0.15) is 0 Å². The molecule has 0 bridgehead atoms. The number of hydrogen-bond donors (Lipinski definition) is 1. The summed E-state index contributed by atoms with van der Waals surface area (Å²) < 4.78 is 0. The van der Waals surface area contributed by atoms with Crippen LogP contribution in [0, 0.1) is 5.92 Å². The molecule has 0 saturated heterocycles. The van der Waals surface area contributed by atoms with Gasteiger partial charge in [0.2, 0.25) is 5.91 Å². The van der Waals surface area contributed by atoms with Crippen molar-refractivity contribution in [3.8, 4) is 0 Å². The summed E-state index contributed by atoms with van der Waals surface area (Å²) in [6, 6.07) is 14.2. The number of thioether (sulfide) groups is 1. The molecule has 0 aliphatic heterocycles. The topological polar surface area (TPSA) is 42.0 Å². The van der Waals surface area contributed by atoms with Crippen LogP contribution in [0.15, 0.2) is 53.7 Å². The van der Waals surface area contributed by atoms with E-state index in [1.54, 1.807) is 6.20 Å². The zero-order valence-corrected chi connectivity index (χ0v) is 14.8. The van der Waals surface area contributed by atoms with E-state index in [0.717, 1.165) is 17.0 Å². The van der Waals surface area contributed by atoms with Gasteiger partial charge in [0.15, 0.2) is 0 Å². The van der Waals surface area contributed by atoms with E-state index in [2.05, 4.69) is 48.4 Å². The highest BCUT2D eigenvalue weighted by Crippen LogP contribution is 2.17. The van der Waals surface area contributed by atoms with Gasteiger partial charge in [-0.15, -0.1) is 0 Å². The minimum atomic E-state index is 0.0138. The van der Waals surface area contributed by atoms with E-state index in [1.165, 1.54) is 17.3 Å². The van der Waals surface area contributed by atoms with E-state index in [0.29, 0.717) is 11.7 Å². The maximum absolute atomic E-state index is 12.1. The molecule has 0 aliphatic rings. The number of aromatic nitrogens is 1. The molecule has 0 saturated carbocycles. The van der Waals surface area contributed by atoms with Crippen LogP contribution in [0.5, 0.6) is 0 Å². The van der Waals surface area contributed by atoms with Gasteiger partial charge in [0.05, 0.1) is 16.8 Å². The molecule has 1 N–H and O–H groups in total. The molecular weight excluding hydrogens is 304 g/mol. The summed E-state index contributed by atoms with van der Waals surface area (Å²) in [5.74, 6) is 1.06. The Morgan fingerprint density at radius 3 is 2.48 bits per heavy atom. The maximum Gasteiger partial charge on any atom is 0.230 e. The molecule has 0 aliphatic carbocycles. The molecule has 0 radical (unpaired) electrons. The van der Waals surface area contributed by atoms with Crippen LogP contribution in [-0.4, -0.2) is 16.6 Å². The smallest absolute Gasteiger partial charge is 0.230 e. The Hall–Kier alpha value is -1.81. The normalized spacial score (nSPS) is 12.2. The van der Waals surface area contributed by atoms with Gasteiger partial charge in [-0.2, -0.15) is 0 Å². The van der Waals surface area contributed by atoms with Gasteiger partial charge in [-0.25, -0.2) is 4.98 Å². The molecule has 1 atom stereocenters. The lowest BCUT2D eigenvalue weighted by atomic mass is 10.00. The SMILES string of the molecule is CC(C)Cc1ccc([C@@H](C)NC(=O)CSc2ccccn2)cc1. The first kappa shape index (κ1) is 17.5. The largest absolute Gasteiger partial charge is 0.349 e.